The molecule has 2 aromatic carbocycles. The standard InChI is InChI=1S/C25H28N2O6/c1-31-23-21(28)22(33-24(23)25(29)26-30)20-10-8-18(9-11-20)3-2-17-4-6-19(7-5-17)16-27-12-14-32-15-13-27/h4-11,21-24,28,30H,12-16H2,1H3,(H,26,29)/t21-,22+,23-,24+/m1/s1. The molecule has 0 unspecified atom stereocenters. The minimum Gasteiger partial charge on any atom is -0.387 e. The van der Waals surface area contributed by atoms with Gasteiger partial charge in [0.15, 0.2) is 6.10 Å². The monoisotopic (exact) mass is 452 g/mol. The first-order valence-corrected chi connectivity index (χ1v) is 10.9. The second-order valence-corrected chi connectivity index (χ2v) is 8.10. The zero-order valence-corrected chi connectivity index (χ0v) is 18.4. The number of nitrogens with zero attached hydrogens (tertiary/aromatic N) is 1. The molecule has 0 aliphatic carbocycles. The van der Waals surface area contributed by atoms with Crippen LogP contribution in [0.3, 0.4) is 0 Å². The van der Waals surface area contributed by atoms with Gasteiger partial charge in [-0.25, -0.2) is 5.48 Å². The Morgan fingerprint density at radius 3 is 2.27 bits per heavy atom. The lowest BCUT2D eigenvalue weighted by atomic mass is 10.00. The highest BCUT2D eigenvalue weighted by Crippen LogP contribution is 2.35. The Hall–Kier alpha value is -2.77. The molecule has 2 fully saturated rings. The highest BCUT2D eigenvalue weighted by molar-refractivity contribution is 5.80. The Balaban J connectivity index is 1.39. The average molecular weight is 453 g/mol. The summed E-state index contributed by atoms with van der Waals surface area (Å²) in [6.45, 7) is 4.42. The van der Waals surface area contributed by atoms with Crippen LogP contribution in [0.25, 0.3) is 0 Å². The Kier molecular flexibility index (Phi) is 7.73. The summed E-state index contributed by atoms with van der Waals surface area (Å²) in [5, 5.41) is 19.4. The zero-order valence-electron chi connectivity index (χ0n) is 18.4. The molecule has 0 radical (unpaired) electrons. The second-order valence-electron chi connectivity index (χ2n) is 8.10. The summed E-state index contributed by atoms with van der Waals surface area (Å²) >= 11 is 0. The summed E-state index contributed by atoms with van der Waals surface area (Å²) in [5.41, 5.74) is 5.24. The molecule has 2 aliphatic heterocycles. The molecule has 1 amide bonds. The van der Waals surface area contributed by atoms with Crippen LogP contribution in [0.2, 0.25) is 0 Å². The molecule has 3 N–H and O–H groups in total. The molecule has 4 rings (SSSR count). The van der Waals surface area contributed by atoms with Crippen LogP contribution in [-0.4, -0.2) is 72.8 Å². The predicted octanol–water partition coefficient (Wildman–Crippen LogP) is 1.24. The molecular formula is C25H28N2O6. The van der Waals surface area contributed by atoms with E-state index in [-0.39, 0.29) is 0 Å². The third-order valence-electron chi connectivity index (χ3n) is 5.93. The van der Waals surface area contributed by atoms with E-state index < -0.39 is 30.3 Å². The van der Waals surface area contributed by atoms with E-state index in [0.717, 1.165) is 44.0 Å². The van der Waals surface area contributed by atoms with E-state index in [1.54, 1.807) is 17.6 Å². The van der Waals surface area contributed by atoms with Gasteiger partial charge in [-0.1, -0.05) is 36.1 Å². The highest BCUT2D eigenvalue weighted by atomic mass is 16.6. The van der Waals surface area contributed by atoms with E-state index in [9.17, 15) is 9.90 Å². The van der Waals surface area contributed by atoms with Gasteiger partial charge in [-0.2, -0.15) is 0 Å². The number of hydrogen-bond acceptors (Lipinski definition) is 7. The second kappa shape index (κ2) is 10.9. The number of hydrogen-bond donors (Lipinski definition) is 3. The summed E-state index contributed by atoms with van der Waals surface area (Å²) in [5.74, 6) is 5.55. The SMILES string of the molecule is CO[C@@H]1[C@H](O)[C@H](c2ccc(C#Cc3ccc(CN4CCOCC4)cc3)cc2)O[C@@H]1C(=O)NO. The number of nitrogens with one attached hydrogen (secondary N) is 1. The fourth-order valence-electron chi connectivity index (χ4n) is 4.09. The number of morpholine rings is 1. The van der Waals surface area contributed by atoms with Gasteiger partial charge >= 0.3 is 0 Å². The van der Waals surface area contributed by atoms with Crippen molar-refractivity contribution in [2.75, 3.05) is 33.4 Å². The van der Waals surface area contributed by atoms with Gasteiger partial charge in [0, 0.05) is 37.9 Å². The summed E-state index contributed by atoms with van der Waals surface area (Å²) in [7, 11) is 1.38. The molecule has 0 bridgehead atoms. The van der Waals surface area contributed by atoms with Crippen molar-refractivity contribution in [1.82, 2.24) is 10.4 Å². The molecule has 4 atom stereocenters. The Labute approximate surface area is 193 Å². The van der Waals surface area contributed by atoms with Gasteiger partial charge in [0.2, 0.25) is 0 Å². The third kappa shape index (κ3) is 5.60. The normalized spacial score (nSPS) is 25.3. The van der Waals surface area contributed by atoms with Gasteiger partial charge in [-0.05, 0) is 35.4 Å². The summed E-state index contributed by atoms with van der Waals surface area (Å²) in [6.07, 6.45) is -3.79. The number of carbonyl (C=O) groups is 1. The van der Waals surface area contributed by atoms with Gasteiger partial charge < -0.3 is 19.3 Å². The molecule has 0 saturated carbocycles. The molecular weight excluding hydrogens is 424 g/mol. The van der Waals surface area contributed by atoms with Crippen molar-refractivity contribution in [1.29, 1.82) is 0 Å². The summed E-state index contributed by atoms with van der Waals surface area (Å²) in [4.78, 5) is 14.2. The highest BCUT2D eigenvalue weighted by Gasteiger charge is 2.48. The van der Waals surface area contributed by atoms with Crippen molar-refractivity contribution in [2.24, 2.45) is 0 Å². The number of ether oxygens (including phenoxy) is 3. The van der Waals surface area contributed by atoms with Crippen LogP contribution < -0.4 is 5.48 Å². The minimum atomic E-state index is -1.11. The van der Waals surface area contributed by atoms with Crippen LogP contribution >= 0.6 is 0 Å². The molecule has 2 aromatic rings. The van der Waals surface area contributed by atoms with Gasteiger partial charge in [0.05, 0.1) is 13.2 Å². The van der Waals surface area contributed by atoms with E-state index >= 15 is 0 Å². The molecule has 2 saturated heterocycles. The number of amides is 1. The molecule has 33 heavy (non-hydrogen) atoms. The molecule has 0 spiro atoms. The van der Waals surface area contributed by atoms with E-state index in [0.29, 0.717) is 5.56 Å². The van der Waals surface area contributed by atoms with Gasteiger partial charge in [-0.15, -0.1) is 0 Å². The first-order chi connectivity index (χ1) is 16.1. The number of methoxy groups -OCH3 is 1. The molecule has 174 valence electrons. The van der Waals surface area contributed by atoms with E-state index in [4.69, 9.17) is 19.4 Å². The smallest absolute Gasteiger partial charge is 0.275 e. The maximum atomic E-state index is 11.8. The summed E-state index contributed by atoms with van der Waals surface area (Å²) < 4.78 is 16.2. The maximum Gasteiger partial charge on any atom is 0.275 e. The lowest BCUT2D eigenvalue weighted by molar-refractivity contribution is -0.145. The van der Waals surface area contributed by atoms with Crippen LogP contribution in [0.15, 0.2) is 48.5 Å². The van der Waals surface area contributed by atoms with E-state index in [1.165, 1.54) is 12.7 Å². The van der Waals surface area contributed by atoms with Crippen molar-refractivity contribution < 1.29 is 29.3 Å². The first kappa shape index (κ1) is 23.4. The van der Waals surface area contributed by atoms with Crippen LogP contribution in [0.5, 0.6) is 0 Å². The molecule has 2 heterocycles. The van der Waals surface area contributed by atoms with E-state index in [1.807, 2.05) is 24.3 Å². The van der Waals surface area contributed by atoms with Crippen molar-refractivity contribution in [2.45, 2.75) is 31.0 Å². The van der Waals surface area contributed by atoms with Crippen molar-refractivity contribution >= 4 is 5.91 Å². The van der Waals surface area contributed by atoms with Crippen LogP contribution in [0, 0.1) is 11.8 Å². The fraction of sp³-hybridized carbons (Fsp3) is 0.400. The summed E-state index contributed by atoms with van der Waals surface area (Å²) in [6, 6.07) is 15.5. The molecule has 0 aromatic heterocycles. The molecule has 8 nitrogen and oxygen atoms in total. The number of aliphatic hydroxyl groups is 1. The van der Waals surface area contributed by atoms with E-state index in [2.05, 4.69) is 28.9 Å². The zero-order chi connectivity index (χ0) is 23.2. The van der Waals surface area contributed by atoms with Crippen LogP contribution in [-0.2, 0) is 25.5 Å². The van der Waals surface area contributed by atoms with Gasteiger partial charge in [-0.3, -0.25) is 14.9 Å². The van der Waals surface area contributed by atoms with Gasteiger partial charge in [0.1, 0.15) is 18.3 Å². The van der Waals surface area contributed by atoms with Crippen LogP contribution in [0.1, 0.15) is 28.4 Å². The number of benzene rings is 2. The lowest BCUT2D eigenvalue weighted by Crippen LogP contribution is -2.42. The quantitative estimate of drug-likeness (QED) is 0.357. The largest absolute Gasteiger partial charge is 0.387 e. The topological polar surface area (TPSA) is 100 Å². The number of rotatable bonds is 5. The maximum absolute atomic E-state index is 11.8. The van der Waals surface area contributed by atoms with Gasteiger partial charge in [0.25, 0.3) is 5.91 Å². The Morgan fingerprint density at radius 1 is 1.09 bits per heavy atom. The number of carbonyl (C=O) groups excluding carboxylic acids is 1. The Morgan fingerprint density at radius 2 is 1.70 bits per heavy atom. The Bertz CT molecular complexity index is 992. The van der Waals surface area contributed by atoms with Crippen molar-refractivity contribution in [3.8, 4) is 11.8 Å². The predicted molar refractivity (Wildman–Crippen MR) is 119 cm³/mol. The molecule has 2 aliphatic rings. The molecule has 8 heteroatoms. The third-order valence-corrected chi connectivity index (χ3v) is 5.93. The number of hydroxylamine groups is 1. The average Bonchev–Trinajstić information content (AvgIpc) is 3.20. The first-order valence-electron chi connectivity index (χ1n) is 10.9. The minimum absolute atomic E-state index is 0.691. The van der Waals surface area contributed by atoms with Crippen molar-refractivity contribution in [3.63, 3.8) is 0 Å². The lowest BCUT2D eigenvalue weighted by Gasteiger charge is -2.26. The van der Waals surface area contributed by atoms with Crippen LogP contribution in [0.4, 0.5) is 0 Å². The van der Waals surface area contributed by atoms with Crippen molar-refractivity contribution in [3.05, 3.63) is 70.8 Å². The number of aliphatic hydroxyl groups excluding tert-OH is 1. The fourth-order valence-corrected chi connectivity index (χ4v) is 4.09.